The maximum absolute atomic E-state index is 3.57. The number of nitrogens with zero attached hydrogens (tertiary/aromatic N) is 1. The van der Waals surface area contributed by atoms with Gasteiger partial charge in [0.1, 0.15) is 0 Å². The molecule has 1 aliphatic rings. The largest absolute Gasteiger partial charge is 0.313 e. The fourth-order valence-corrected chi connectivity index (χ4v) is 2.20. The Balaban J connectivity index is 2.40. The highest BCUT2D eigenvalue weighted by atomic mass is 15.2. The molecular weight excluding hydrogens is 196 g/mol. The number of nitrogens with one attached hydrogen (secondary N) is 1. The Bertz CT molecular complexity index is 217. The molecule has 1 rings (SSSR count). The Hall–Kier alpha value is -0.340. The van der Waals surface area contributed by atoms with Crippen molar-refractivity contribution in [3.05, 3.63) is 11.6 Å². The molecule has 0 radical (unpaired) electrons. The summed E-state index contributed by atoms with van der Waals surface area (Å²) in [6.07, 6.45) is 6.48. The number of allylic oxidation sites excluding steroid dienone is 1. The summed E-state index contributed by atoms with van der Waals surface area (Å²) >= 11 is 0. The standard InChI is InChI=1S/C14H28N2/c1-12(2)8-10-16-9-6-5-7-14(16)11-15-13(3)4/h8,13-15H,5-7,9-11H2,1-4H3. The second-order valence-electron chi connectivity index (χ2n) is 5.49. The molecule has 0 amide bonds. The van der Waals surface area contributed by atoms with E-state index >= 15 is 0 Å². The van der Waals surface area contributed by atoms with Gasteiger partial charge in [0.05, 0.1) is 0 Å². The number of hydrogen-bond donors (Lipinski definition) is 1. The van der Waals surface area contributed by atoms with Crippen LogP contribution in [0, 0.1) is 0 Å². The molecule has 0 aromatic rings. The van der Waals surface area contributed by atoms with Crippen molar-refractivity contribution >= 4 is 0 Å². The van der Waals surface area contributed by atoms with E-state index in [0.717, 1.165) is 19.1 Å². The molecule has 1 atom stereocenters. The van der Waals surface area contributed by atoms with Gasteiger partial charge in [-0.05, 0) is 33.2 Å². The van der Waals surface area contributed by atoms with E-state index in [9.17, 15) is 0 Å². The van der Waals surface area contributed by atoms with Gasteiger partial charge in [-0.2, -0.15) is 0 Å². The fourth-order valence-electron chi connectivity index (χ4n) is 2.20. The SMILES string of the molecule is CC(C)=CCN1CCCCC1CNC(C)C. The lowest BCUT2D eigenvalue weighted by Gasteiger charge is -2.35. The molecule has 1 fully saturated rings. The highest BCUT2D eigenvalue weighted by Gasteiger charge is 2.20. The Morgan fingerprint density at radius 3 is 2.75 bits per heavy atom. The van der Waals surface area contributed by atoms with Crippen LogP contribution in [-0.2, 0) is 0 Å². The predicted molar refractivity (Wildman–Crippen MR) is 71.8 cm³/mol. The molecule has 94 valence electrons. The summed E-state index contributed by atoms with van der Waals surface area (Å²) in [4.78, 5) is 2.63. The van der Waals surface area contributed by atoms with Gasteiger partial charge in [-0.25, -0.2) is 0 Å². The monoisotopic (exact) mass is 224 g/mol. The molecule has 0 aromatic carbocycles. The molecule has 0 bridgehead atoms. The van der Waals surface area contributed by atoms with Crippen LogP contribution in [0.25, 0.3) is 0 Å². The third kappa shape index (κ3) is 5.13. The van der Waals surface area contributed by atoms with E-state index < -0.39 is 0 Å². The van der Waals surface area contributed by atoms with Crippen molar-refractivity contribution in [2.45, 2.75) is 59.0 Å². The van der Waals surface area contributed by atoms with Crippen LogP contribution in [0.1, 0.15) is 47.0 Å². The molecule has 1 aliphatic heterocycles. The van der Waals surface area contributed by atoms with E-state index in [4.69, 9.17) is 0 Å². The highest BCUT2D eigenvalue weighted by Crippen LogP contribution is 2.16. The van der Waals surface area contributed by atoms with Gasteiger partial charge in [0.2, 0.25) is 0 Å². The van der Waals surface area contributed by atoms with Crippen LogP contribution in [0.4, 0.5) is 0 Å². The van der Waals surface area contributed by atoms with Crippen LogP contribution in [0.2, 0.25) is 0 Å². The van der Waals surface area contributed by atoms with Gasteiger partial charge in [0, 0.05) is 25.2 Å². The number of hydrogen-bond acceptors (Lipinski definition) is 2. The molecule has 0 spiro atoms. The molecule has 1 heterocycles. The van der Waals surface area contributed by atoms with Gasteiger partial charge < -0.3 is 5.32 Å². The lowest BCUT2D eigenvalue weighted by Crippen LogP contribution is -2.46. The fraction of sp³-hybridized carbons (Fsp3) is 0.857. The summed E-state index contributed by atoms with van der Waals surface area (Å²) in [5.74, 6) is 0. The third-order valence-corrected chi connectivity index (χ3v) is 3.24. The first-order valence-corrected chi connectivity index (χ1v) is 6.70. The van der Waals surface area contributed by atoms with Crippen LogP contribution in [0.3, 0.4) is 0 Å². The van der Waals surface area contributed by atoms with Crippen LogP contribution >= 0.6 is 0 Å². The highest BCUT2D eigenvalue weighted by molar-refractivity contribution is 4.96. The maximum atomic E-state index is 3.57. The van der Waals surface area contributed by atoms with Crippen LogP contribution in [0.5, 0.6) is 0 Å². The smallest absolute Gasteiger partial charge is 0.0224 e. The zero-order chi connectivity index (χ0) is 12.0. The van der Waals surface area contributed by atoms with Crippen molar-refractivity contribution in [1.29, 1.82) is 0 Å². The van der Waals surface area contributed by atoms with Gasteiger partial charge in [0.25, 0.3) is 0 Å². The van der Waals surface area contributed by atoms with Gasteiger partial charge in [-0.1, -0.05) is 31.9 Å². The van der Waals surface area contributed by atoms with E-state index in [2.05, 4.69) is 44.0 Å². The average molecular weight is 224 g/mol. The second kappa shape index (κ2) is 7.08. The summed E-state index contributed by atoms with van der Waals surface area (Å²) in [6.45, 7) is 12.4. The molecule has 2 nitrogen and oxygen atoms in total. The van der Waals surface area contributed by atoms with Crippen LogP contribution in [-0.4, -0.2) is 36.6 Å². The lowest BCUT2D eigenvalue weighted by atomic mass is 10.0. The normalized spacial score (nSPS) is 22.4. The van der Waals surface area contributed by atoms with E-state index in [1.54, 1.807) is 0 Å². The number of rotatable bonds is 5. The first kappa shape index (κ1) is 13.7. The Morgan fingerprint density at radius 2 is 2.12 bits per heavy atom. The molecule has 0 aromatic heterocycles. The van der Waals surface area contributed by atoms with E-state index in [-0.39, 0.29) is 0 Å². The lowest BCUT2D eigenvalue weighted by molar-refractivity contribution is 0.159. The molecule has 1 unspecified atom stereocenters. The molecule has 1 N–H and O–H groups in total. The molecule has 2 heteroatoms. The van der Waals surface area contributed by atoms with Crippen LogP contribution < -0.4 is 5.32 Å². The molecular formula is C14H28N2. The summed E-state index contributed by atoms with van der Waals surface area (Å²) in [5.41, 5.74) is 1.43. The molecule has 0 aliphatic carbocycles. The van der Waals surface area contributed by atoms with Gasteiger partial charge in [-0.15, -0.1) is 0 Å². The molecule has 1 saturated heterocycles. The first-order chi connectivity index (χ1) is 7.59. The minimum absolute atomic E-state index is 0.604. The van der Waals surface area contributed by atoms with E-state index in [0.29, 0.717) is 6.04 Å². The van der Waals surface area contributed by atoms with Crippen molar-refractivity contribution in [3.8, 4) is 0 Å². The molecule has 0 saturated carbocycles. The van der Waals surface area contributed by atoms with E-state index in [1.807, 2.05) is 0 Å². The zero-order valence-electron chi connectivity index (χ0n) is 11.4. The van der Waals surface area contributed by atoms with E-state index in [1.165, 1.54) is 31.4 Å². The minimum Gasteiger partial charge on any atom is -0.313 e. The summed E-state index contributed by atoms with van der Waals surface area (Å²) in [6, 6.07) is 1.35. The Kier molecular flexibility index (Phi) is 6.07. The maximum Gasteiger partial charge on any atom is 0.0224 e. The van der Waals surface area contributed by atoms with Gasteiger partial charge in [0.15, 0.2) is 0 Å². The quantitative estimate of drug-likeness (QED) is 0.722. The summed E-state index contributed by atoms with van der Waals surface area (Å²) < 4.78 is 0. The van der Waals surface area contributed by atoms with Crippen molar-refractivity contribution in [2.75, 3.05) is 19.6 Å². The van der Waals surface area contributed by atoms with Gasteiger partial charge in [-0.3, -0.25) is 4.90 Å². The van der Waals surface area contributed by atoms with Crippen molar-refractivity contribution in [1.82, 2.24) is 10.2 Å². The van der Waals surface area contributed by atoms with Crippen molar-refractivity contribution in [2.24, 2.45) is 0 Å². The van der Waals surface area contributed by atoms with Crippen LogP contribution in [0.15, 0.2) is 11.6 Å². The topological polar surface area (TPSA) is 15.3 Å². The average Bonchev–Trinajstić information content (AvgIpc) is 2.24. The number of piperidine rings is 1. The number of likely N-dealkylation sites (tertiary alicyclic amines) is 1. The second-order valence-corrected chi connectivity index (χ2v) is 5.49. The van der Waals surface area contributed by atoms with Crippen molar-refractivity contribution in [3.63, 3.8) is 0 Å². The molecule has 16 heavy (non-hydrogen) atoms. The zero-order valence-corrected chi connectivity index (χ0v) is 11.4. The Labute approximate surface area is 101 Å². The first-order valence-electron chi connectivity index (χ1n) is 6.70. The van der Waals surface area contributed by atoms with Gasteiger partial charge >= 0.3 is 0 Å². The predicted octanol–water partition coefficient (Wildman–Crippen LogP) is 2.81. The Morgan fingerprint density at radius 1 is 1.38 bits per heavy atom. The summed E-state index contributed by atoms with van der Waals surface area (Å²) in [7, 11) is 0. The minimum atomic E-state index is 0.604. The van der Waals surface area contributed by atoms with Crippen molar-refractivity contribution < 1.29 is 0 Å². The summed E-state index contributed by atoms with van der Waals surface area (Å²) in [5, 5.41) is 3.57. The third-order valence-electron chi connectivity index (χ3n) is 3.24.